The number of amides is 1. The van der Waals surface area contributed by atoms with Crippen molar-refractivity contribution in [3.8, 4) is 0 Å². The Kier molecular flexibility index (Phi) is 4.86. The number of aromatic nitrogens is 4. The number of carbonyl (C=O) groups is 1. The van der Waals surface area contributed by atoms with Crippen LogP contribution in [0.2, 0.25) is 0 Å². The molecule has 27 heavy (non-hydrogen) atoms. The molecule has 142 valence electrons. The van der Waals surface area contributed by atoms with E-state index in [9.17, 15) is 18.0 Å². The second-order valence-electron chi connectivity index (χ2n) is 6.35. The Balaban J connectivity index is 1.79. The molecule has 0 aliphatic heterocycles. The second-order valence-corrected chi connectivity index (χ2v) is 6.35. The number of halogens is 3. The zero-order valence-electron chi connectivity index (χ0n) is 15.1. The van der Waals surface area contributed by atoms with Crippen LogP contribution in [-0.4, -0.2) is 25.5 Å². The average Bonchev–Trinajstić information content (AvgIpc) is 3.02. The molecule has 2 heterocycles. The van der Waals surface area contributed by atoms with Gasteiger partial charge in [0.05, 0.1) is 6.42 Å². The van der Waals surface area contributed by atoms with Gasteiger partial charge in [-0.15, -0.1) is 5.10 Å². The maximum absolute atomic E-state index is 12.8. The van der Waals surface area contributed by atoms with E-state index < -0.39 is 12.0 Å². The maximum atomic E-state index is 12.8. The molecule has 0 fully saturated rings. The van der Waals surface area contributed by atoms with Crippen LogP contribution in [0.3, 0.4) is 0 Å². The zero-order chi connectivity index (χ0) is 19.8. The monoisotopic (exact) mass is 377 g/mol. The molecule has 2 aromatic heterocycles. The maximum Gasteiger partial charge on any atom is 0.453 e. The Morgan fingerprint density at radius 3 is 2.41 bits per heavy atom. The third kappa shape index (κ3) is 4.07. The van der Waals surface area contributed by atoms with Gasteiger partial charge in [-0.25, -0.2) is 9.50 Å². The molecule has 0 aliphatic carbocycles. The van der Waals surface area contributed by atoms with E-state index in [0.717, 1.165) is 15.6 Å². The molecule has 0 bridgehead atoms. The van der Waals surface area contributed by atoms with Gasteiger partial charge in [0, 0.05) is 23.5 Å². The van der Waals surface area contributed by atoms with E-state index >= 15 is 0 Å². The fourth-order valence-corrected chi connectivity index (χ4v) is 2.71. The Labute approximate surface area is 153 Å². The van der Waals surface area contributed by atoms with E-state index in [4.69, 9.17) is 0 Å². The molecule has 1 aromatic carbocycles. The van der Waals surface area contributed by atoms with Gasteiger partial charge in [-0.3, -0.25) is 4.79 Å². The molecule has 3 aromatic rings. The fourth-order valence-electron chi connectivity index (χ4n) is 2.71. The van der Waals surface area contributed by atoms with E-state index in [2.05, 4.69) is 20.4 Å². The van der Waals surface area contributed by atoms with Gasteiger partial charge in [-0.05, 0) is 26.3 Å². The average molecular weight is 377 g/mol. The number of alkyl halides is 3. The van der Waals surface area contributed by atoms with Crippen LogP contribution in [0, 0.1) is 20.8 Å². The minimum absolute atomic E-state index is 0.00627. The first-order valence-corrected chi connectivity index (χ1v) is 8.27. The number of hydrogen-bond acceptors (Lipinski definition) is 4. The standard InChI is InChI=1S/C18H18F3N5O/c1-10-4-6-13(7-5-10)9-22-15(27)8-14-11(2)23-17-24-16(18(19,20)21)25-26(17)12(14)3/h4-7H,8-9H2,1-3H3,(H,22,27). The Morgan fingerprint density at radius 1 is 1.11 bits per heavy atom. The smallest absolute Gasteiger partial charge is 0.352 e. The van der Waals surface area contributed by atoms with Crippen LogP contribution in [-0.2, 0) is 23.9 Å². The lowest BCUT2D eigenvalue weighted by molar-refractivity contribution is -0.144. The lowest BCUT2D eigenvalue weighted by atomic mass is 10.1. The summed E-state index contributed by atoms with van der Waals surface area (Å²) in [5.74, 6) is -1.64. The molecule has 0 saturated carbocycles. The lowest BCUT2D eigenvalue weighted by Gasteiger charge is -2.11. The lowest BCUT2D eigenvalue weighted by Crippen LogP contribution is -2.25. The molecule has 0 saturated heterocycles. The summed E-state index contributed by atoms with van der Waals surface area (Å²) in [5.41, 5.74) is 3.48. The molecule has 9 heteroatoms. The molecule has 6 nitrogen and oxygen atoms in total. The predicted molar refractivity (Wildman–Crippen MR) is 92.0 cm³/mol. The first-order chi connectivity index (χ1) is 12.6. The van der Waals surface area contributed by atoms with Gasteiger partial charge < -0.3 is 5.32 Å². The van der Waals surface area contributed by atoms with Crippen molar-refractivity contribution in [2.75, 3.05) is 0 Å². The van der Waals surface area contributed by atoms with Crippen molar-refractivity contribution in [1.82, 2.24) is 24.9 Å². The van der Waals surface area contributed by atoms with Crippen LogP contribution >= 0.6 is 0 Å². The van der Waals surface area contributed by atoms with E-state index in [1.807, 2.05) is 31.2 Å². The van der Waals surface area contributed by atoms with E-state index in [-0.39, 0.29) is 18.1 Å². The third-order valence-corrected chi connectivity index (χ3v) is 4.25. The summed E-state index contributed by atoms with van der Waals surface area (Å²) in [6.07, 6.45) is -4.66. The number of hydrogen-bond donors (Lipinski definition) is 1. The zero-order valence-corrected chi connectivity index (χ0v) is 15.1. The van der Waals surface area contributed by atoms with Crippen LogP contribution < -0.4 is 5.32 Å². The van der Waals surface area contributed by atoms with Crippen molar-refractivity contribution in [2.45, 2.75) is 39.9 Å². The van der Waals surface area contributed by atoms with Crippen LogP contribution in [0.4, 0.5) is 13.2 Å². The van der Waals surface area contributed by atoms with Gasteiger partial charge in [0.15, 0.2) is 0 Å². The molecule has 0 aliphatic rings. The third-order valence-electron chi connectivity index (χ3n) is 4.25. The number of rotatable bonds is 4. The van der Waals surface area contributed by atoms with Crippen LogP contribution in [0.25, 0.3) is 5.78 Å². The van der Waals surface area contributed by atoms with Crippen molar-refractivity contribution in [1.29, 1.82) is 0 Å². The summed E-state index contributed by atoms with van der Waals surface area (Å²) >= 11 is 0. The number of carbonyl (C=O) groups excluding carboxylic acids is 1. The van der Waals surface area contributed by atoms with Crippen molar-refractivity contribution in [3.63, 3.8) is 0 Å². The van der Waals surface area contributed by atoms with E-state index in [0.29, 0.717) is 23.5 Å². The summed E-state index contributed by atoms with van der Waals surface area (Å²) < 4.78 is 39.5. The van der Waals surface area contributed by atoms with Gasteiger partial charge in [-0.1, -0.05) is 29.8 Å². The highest BCUT2D eigenvalue weighted by atomic mass is 19.4. The number of fused-ring (bicyclic) bond motifs is 1. The van der Waals surface area contributed by atoms with Crippen LogP contribution in [0.15, 0.2) is 24.3 Å². The summed E-state index contributed by atoms with van der Waals surface area (Å²) in [6.45, 7) is 5.58. The predicted octanol–water partition coefficient (Wildman–Crippen LogP) is 2.93. The largest absolute Gasteiger partial charge is 0.453 e. The quantitative estimate of drug-likeness (QED) is 0.759. The van der Waals surface area contributed by atoms with Crippen LogP contribution in [0.1, 0.15) is 33.9 Å². The molecule has 0 atom stereocenters. The number of aryl methyl sites for hydroxylation is 3. The normalized spacial score (nSPS) is 11.8. The molecular weight excluding hydrogens is 359 g/mol. The summed E-state index contributed by atoms with van der Waals surface area (Å²) in [4.78, 5) is 19.8. The number of benzene rings is 1. The Hall–Kier alpha value is -2.97. The van der Waals surface area contributed by atoms with Crippen molar-refractivity contribution in [3.05, 3.63) is 58.2 Å². The Bertz CT molecular complexity index is 993. The first kappa shape index (κ1) is 18.8. The number of nitrogens with zero attached hydrogens (tertiary/aromatic N) is 4. The molecule has 0 unspecified atom stereocenters. The van der Waals surface area contributed by atoms with Gasteiger partial charge in [-0.2, -0.15) is 18.2 Å². The minimum atomic E-state index is -4.65. The topological polar surface area (TPSA) is 72.2 Å². The van der Waals surface area contributed by atoms with Crippen molar-refractivity contribution < 1.29 is 18.0 Å². The molecule has 1 amide bonds. The highest BCUT2D eigenvalue weighted by Crippen LogP contribution is 2.27. The van der Waals surface area contributed by atoms with E-state index in [1.54, 1.807) is 13.8 Å². The molecule has 3 rings (SSSR count). The van der Waals surface area contributed by atoms with Gasteiger partial charge in [0.25, 0.3) is 11.6 Å². The van der Waals surface area contributed by atoms with Gasteiger partial charge in [0.1, 0.15) is 0 Å². The summed E-state index contributed by atoms with van der Waals surface area (Å²) in [6, 6.07) is 7.76. The second kappa shape index (κ2) is 6.98. The molecular formula is C18H18F3N5O. The van der Waals surface area contributed by atoms with Gasteiger partial charge in [0.2, 0.25) is 5.91 Å². The molecule has 1 N–H and O–H groups in total. The number of nitrogens with one attached hydrogen (secondary N) is 1. The highest BCUT2D eigenvalue weighted by molar-refractivity contribution is 5.79. The highest BCUT2D eigenvalue weighted by Gasteiger charge is 2.37. The summed E-state index contributed by atoms with van der Waals surface area (Å²) in [7, 11) is 0. The van der Waals surface area contributed by atoms with Crippen molar-refractivity contribution in [2.24, 2.45) is 0 Å². The molecule has 0 radical (unpaired) electrons. The first-order valence-electron chi connectivity index (χ1n) is 8.27. The Morgan fingerprint density at radius 2 is 1.78 bits per heavy atom. The van der Waals surface area contributed by atoms with Crippen LogP contribution in [0.5, 0.6) is 0 Å². The fraction of sp³-hybridized carbons (Fsp3) is 0.333. The molecule has 0 spiro atoms. The minimum Gasteiger partial charge on any atom is -0.352 e. The van der Waals surface area contributed by atoms with Gasteiger partial charge >= 0.3 is 6.18 Å². The van der Waals surface area contributed by atoms with E-state index in [1.165, 1.54) is 0 Å². The SMILES string of the molecule is Cc1ccc(CNC(=O)Cc2c(C)nc3nc(C(F)(F)F)nn3c2C)cc1. The summed E-state index contributed by atoms with van der Waals surface area (Å²) in [5, 5.41) is 6.29. The van der Waals surface area contributed by atoms with Crippen molar-refractivity contribution >= 4 is 11.7 Å².